The number of pyridine rings is 2. The van der Waals surface area contributed by atoms with E-state index in [-0.39, 0.29) is 29.0 Å². The fraction of sp³-hybridized carbons (Fsp3) is 0.167. The van der Waals surface area contributed by atoms with Crippen molar-refractivity contribution in [1.82, 2.24) is 9.55 Å². The van der Waals surface area contributed by atoms with Crippen molar-refractivity contribution in [3.8, 4) is 34.2 Å². The first kappa shape index (κ1) is 21.1. The molecule has 0 saturated heterocycles. The fourth-order valence-corrected chi connectivity index (χ4v) is 3.75. The molecule has 0 bridgehead atoms. The minimum atomic E-state index is -0.725. The molecule has 1 aromatic carbocycles. The average molecular weight is 432 g/mol. The van der Waals surface area contributed by atoms with Crippen LogP contribution in [-0.4, -0.2) is 22.8 Å². The maximum absolute atomic E-state index is 14.4. The van der Waals surface area contributed by atoms with Crippen LogP contribution in [0.1, 0.15) is 24.6 Å². The van der Waals surface area contributed by atoms with Crippen molar-refractivity contribution in [1.29, 1.82) is 5.26 Å². The molecule has 160 valence electrons. The van der Waals surface area contributed by atoms with Crippen molar-refractivity contribution in [3.63, 3.8) is 0 Å². The Morgan fingerprint density at radius 1 is 1.31 bits per heavy atom. The maximum atomic E-state index is 14.4. The zero-order valence-electron chi connectivity index (χ0n) is 17.4. The summed E-state index contributed by atoms with van der Waals surface area (Å²) in [4.78, 5) is 21.9. The van der Waals surface area contributed by atoms with Gasteiger partial charge in [0, 0.05) is 36.0 Å². The lowest BCUT2D eigenvalue weighted by Crippen LogP contribution is -2.28. The van der Waals surface area contributed by atoms with Crippen molar-refractivity contribution in [2.24, 2.45) is 4.99 Å². The zero-order valence-corrected chi connectivity index (χ0v) is 17.4. The molecule has 3 heterocycles. The van der Waals surface area contributed by atoms with Crippen LogP contribution in [0.15, 0.2) is 52.4 Å². The predicted molar refractivity (Wildman–Crippen MR) is 117 cm³/mol. The molecule has 1 aliphatic rings. The van der Waals surface area contributed by atoms with Crippen molar-refractivity contribution in [2.75, 3.05) is 7.05 Å². The number of aromatic nitrogens is 2. The highest BCUT2D eigenvalue weighted by atomic mass is 19.1. The molecule has 8 heteroatoms. The van der Waals surface area contributed by atoms with E-state index in [1.165, 1.54) is 28.8 Å². The lowest BCUT2D eigenvalue weighted by atomic mass is 9.96. The van der Waals surface area contributed by atoms with Gasteiger partial charge >= 0.3 is 0 Å². The molecule has 0 amide bonds. The second-order valence-electron chi connectivity index (χ2n) is 7.05. The number of nitrogens with zero attached hydrogens (tertiary/aromatic N) is 4. The molecule has 0 atom stereocenters. The van der Waals surface area contributed by atoms with E-state index in [0.29, 0.717) is 29.1 Å². The molecule has 3 aromatic rings. The highest BCUT2D eigenvalue weighted by molar-refractivity contribution is 6.03. The molecule has 2 aromatic heterocycles. The predicted octanol–water partition coefficient (Wildman–Crippen LogP) is 4.57. The van der Waals surface area contributed by atoms with E-state index >= 15 is 0 Å². The second kappa shape index (κ2) is 8.55. The van der Waals surface area contributed by atoms with Gasteiger partial charge in [0.2, 0.25) is 0 Å². The maximum Gasteiger partial charge on any atom is 0.263 e. The Kier molecular flexibility index (Phi) is 5.65. The van der Waals surface area contributed by atoms with Crippen molar-refractivity contribution in [2.45, 2.75) is 20.0 Å². The van der Waals surface area contributed by atoms with Gasteiger partial charge in [0.15, 0.2) is 0 Å². The summed E-state index contributed by atoms with van der Waals surface area (Å²) in [5, 5.41) is 9.52. The summed E-state index contributed by atoms with van der Waals surface area (Å²) in [6, 6.07) is 8.75. The van der Waals surface area contributed by atoms with Gasteiger partial charge in [-0.1, -0.05) is 25.1 Å². The third-order valence-corrected chi connectivity index (χ3v) is 5.09. The number of halogens is 2. The van der Waals surface area contributed by atoms with Crippen LogP contribution in [0.5, 0.6) is 5.75 Å². The summed E-state index contributed by atoms with van der Waals surface area (Å²) in [5.41, 5.74) is 1.46. The second-order valence-corrected chi connectivity index (χ2v) is 7.05. The standard InChI is InChI=1S/C24H18F2N4O2/c1-3-5-15(12-28-2)30-21-13-32-22-8-14(25)11-29-23(22)18(21)9-17(24(30)31)16-6-4-7-20(26)19(16)10-27/h4-9,11-12H,3,13H2,1-2H3/b15-5+,28-12?. The van der Waals surface area contributed by atoms with Crippen LogP contribution >= 0.6 is 0 Å². The van der Waals surface area contributed by atoms with Gasteiger partial charge in [0.1, 0.15) is 35.8 Å². The lowest BCUT2D eigenvalue weighted by molar-refractivity contribution is 0.291. The van der Waals surface area contributed by atoms with Gasteiger partial charge in [-0.2, -0.15) is 5.26 Å². The SMILES string of the molecule is CC/C=C(\C=NC)n1c2c(cc(-c3cccc(F)c3C#N)c1=O)-c1ncc(F)cc1OC2. The van der Waals surface area contributed by atoms with Crippen LogP contribution in [0, 0.1) is 23.0 Å². The summed E-state index contributed by atoms with van der Waals surface area (Å²) in [7, 11) is 1.58. The highest BCUT2D eigenvalue weighted by Crippen LogP contribution is 2.38. The van der Waals surface area contributed by atoms with Crippen molar-refractivity contribution < 1.29 is 13.5 Å². The van der Waals surface area contributed by atoms with E-state index in [4.69, 9.17) is 4.74 Å². The number of hydrogen-bond donors (Lipinski definition) is 0. The van der Waals surface area contributed by atoms with Gasteiger partial charge in [-0.25, -0.2) is 13.8 Å². The molecule has 0 aliphatic carbocycles. The largest absolute Gasteiger partial charge is 0.485 e. The van der Waals surface area contributed by atoms with Crippen LogP contribution in [-0.2, 0) is 6.61 Å². The van der Waals surface area contributed by atoms with E-state index in [1.807, 2.05) is 19.1 Å². The topological polar surface area (TPSA) is 80.3 Å². The molecule has 0 radical (unpaired) electrons. The number of benzene rings is 1. The number of ether oxygens (including phenoxy) is 1. The van der Waals surface area contributed by atoms with Crippen LogP contribution in [0.25, 0.3) is 28.1 Å². The van der Waals surface area contributed by atoms with E-state index in [0.717, 1.165) is 6.20 Å². The molecule has 0 unspecified atom stereocenters. The molecule has 0 N–H and O–H groups in total. The molecule has 0 fully saturated rings. The minimum Gasteiger partial charge on any atom is -0.485 e. The van der Waals surface area contributed by atoms with Crippen LogP contribution < -0.4 is 10.3 Å². The molecular formula is C24H18F2N4O2. The third kappa shape index (κ3) is 3.48. The molecule has 32 heavy (non-hydrogen) atoms. The molecule has 0 spiro atoms. The Bertz CT molecular complexity index is 1380. The van der Waals surface area contributed by atoms with E-state index in [9.17, 15) is 18.8 Å². The molecule has 6 nitrogen and oxygen atoms in total. The van der Waals surface area contributed by atoms with E-state index < -0.39 is 17.2 Å². The number of nitriles is 1. The van der Waals surface area contributed by atoms with Gasteiger partial charge in [-0.3, -0.25) is 14.4 Å². The van der Waals surface area contributed by atoms with Crippen molar-refractivity contribution >= 4 is 11.9 Å². The first-order valence-electron chi connectivity index (χ1n) is 9.89. The van der Waals surface area contributed by atoms with Gasteiger partial charge in [0.05, 0.1) is 23.2 Å². The summed E-state index contributed by atoms with van der Waals surface area (Å²) in [6.45, 7) is 1.91. The highest BCUT2D eigenvalue weighted by Gasteiger charge is 2.27. The van der Waals surface area contributed by atoms with Gasteiger partial charge in [-0.05, 0) is 18.6 Å². The van der Waals surface area contributed by atoms with E-state index in [1.54, 1.807) is 19.3 Å². The Morgan fingerprint density at radius 3 is 2.84 bits per heavy atom. The molecule has 0 saturated carbocycles. The van der Waals surface area contributed by atoms with Gasteiger partial charge < -0.3 is 4.74 Å². The van der Waals surface area contributed by atoms with Crippen LogP contribution in [0.4, 0.5) is 8.78 Å². The van der Waals surface area contributed by atoms with Crippen molar-refractivity contribution in [3.05, 3.63) is 75.9 Å². The number of rotatable bonds is 4. The number of allylic oxidation sites excluding steroid dienone is 2. The van der Waals surface area contributed by atoms with E-state index in [2.05, 4.69) is 9.98 Å². The smallest absolute Gasteiger partial charge is 0.263 e. The van der Waals surface area contributed by atoms with Crippen LogP contribution in [0.3, 0.4) is 0 Å². The average Bonchev–Trinajstić information content (AvgIpc) is 2.78. The summed E-state index contributed by atoms with van der Waals surface area (Å²) in [6.07, 6.45) is 5.05. The quantitative estimate of drug-likeness (QED) is 0.566. The summed E-state index contributed by atoms with van der Waals surface area (Å²) < 4.78 is 35.2. The summed E-state index contributed by atoms with van der Waals surface area (Å²) >= 11 is 0. The lowest BCUT2D eigenvalue weighted by Gasteiger charge is -2.25. The molecule has 1 aliphatic heterocycles. The fourth-order valence-electron chi connectivity index (χ4n) is 3.75. The molecular weight excluding hydrogens is 414 g/mol. The Balaban J connectivity index is 2.14. The van der Waals surface area contributed by atoms with Gasteiger partial charge in [0.25, 0.3) is 5.56 Å². The first-order valence-corrected chi connectivity index (χ1v) is 9.89. The number of aliphatic imine (C=N–C) groups is 1. The minimum absolute atomic E-state index is 0.00411. The Hall–Kier alpha value is -4.12. The number of hydrogen-bond acceptors (Lipinski definition) is 5. The third-order valence-electron chi connectivity index (χ3n) is 5.09. The number of fused-ring (bicyclic) bond motifs is 3. The normalized spacial score (nSPS) is 12.8. The Morgan fingerprint density at radius 2 is 2.12 bits per heavy atom. The summed E-state index contributed by atoms with van der Waals surface area (Å²) in [5.74, 6) is -1.04. The Labute approximate surface area is 182 Å². The zero-order chi connectivity index (χ0) is 22.8. The first-order chi connectivity index (χ1) is 15.5. The molecule has 4 rings (SSSR count). The van der Waals surface area contributed by atoms with Crippen LogP contribution in [0.2, 0.25) is 0 Å². The monoisotopic (exact) mass is 432 g/mol. The van der Waals surface area contributed by atoms with Gasteiger partial charge in [-0.15, -0.1) is 0 Å².